The Labute approximate surface area is 178 Å². The SMILES string of the molecule is CN=C(NCCC(c1ccccc1)c1ccccc1)NCc1nnc2n1CCCC2. The molecular formula is C24H30N6. The Bertz CT molecular complexity index is 909. The van der Waals surface area contributed by atoms with Crippen molar-refractivity contribution in [2.45, 2.75) is 44.7 Å². The smallest absolute Gasteiger partial charge is 0.191 e. The molecule has 0 saturated heterocycles. The van der Waals surface area contributed by atoms with Crippen LogP contribution < -0.4 is 10.6 Å². The van der Waals surface area contributed by atoms with E-state index in [2.05, 4.69) is 91.1 Å². The van der Waals surface area contributed by atoms with Gasteiger partial charge < -0.3 is 15.2 Å². The van der Waals surface area contributed by atoms with E-state index in [1.807, 2.05) is 0 Å². The molecule has 4 rings (SSSR count). The lowest BCUT2D eigenvalue weighted by Crippen LogP contribution is -2.38. The van der Waals surface area contributed by atoms with Crippen LogP contribution in [0.3, 0.4) is 0 Å². The van der Waals surface area contributed by atoms with Crippen LogP contribution in [0.5, 0.6) is 0 Å². The molecule has 2 N–H and O–H groups in total. The number of rotatable bonds is 7. The van der Waals surface area contributed by atoms with Gasteiger partial charge in [-0.15, -0.1) is 10.2 Å². The average Bonchev–Trinajstić information content (AvgIpc) is 3.23. The molecule has 2 aromatic carbocycles. The van der Waals surface area contributed by atoms with E-state index >= 15 is 0 Å². The quantitative estimate of drug-likeness (QED) is 0.469. The van der Waals surface area contributed by atoms with Gasteiger partial charge in [0.2, 0.25) is 0 Å². The number of nitrogens with zero attached hydrogens (tertiary/aromatic N) is 4. The monoisotopic (exact) mass is 402 g/mol. The summed E-state index contributed by atoms with van der Waals surface area (Å²) in [6.45, 7) is 2.47. The second kappa shape index (κ2) is 10.1. The second-order valence-corrected chi connectivity index (χ2v) is 7.66. The fourth-order valence-corrected chi connectivity index (χ4v) is 4.11. The molecule has 6 nitrogen and oxygen atoms in total. The van der Waals surface area contributed by atoms with Crippen molar-refractivity contribution in [3.63, 3.8) is 0 Å². The fourth-order valence-electron chi connectivity index (χ4n) is 4.11. The van der Waals surface area contributed by atoms with Crippen LogP contribution in [-0.2, 0) is 19.5 Å². The van der Waals surface area contributed by atoms with Crippen LogP contribution >= 0.6 is 0 Å². The van der Waals surface area contributed by atoms with Crippen molar-refractivity contribution in [1.29, 1.82) is 0 Å². The molecule has 0 fully saturated rings. The summed E-state index contributed by atoms with van der Waals surface area (Å²) in [6.07, 6.45) is 4.42. The Morgan fingerprint density at radius 1 is 0.967 bits per heavy atom. The van der Waals surface area contributed by atoms with Gasteiger partial charge in [0.1, 0.15) is 5.82 Å². The summed E-state index contributed by atoms with van der Waals surface area (Å²) in [5, 5.41) is 15.5. The number of hydrogen-bond donors (Lipinski definition) is 2. The van der Waals surface area contributed by atoms with Gasteiger partial charge in [0, 0.05) is 32.5 Å². The largest absolute Gasteiger partial charge is 0.356 e. The second-order valence-electron chi connectivity index (χ2n) is 7.66. The minimum atomic E-state index is 0.349. The van der Waals surface area contributed by atoms with Crippen LogP contribution in [0.15, 0.2) is 65.7 Å². The number of fused-ring (bicyclic) bond motifs is 1. The van der Waals surface area contributed by atoms with Crippen molar-refractivity contribution in [3.05, 3.63) is 83.4 Å². The van der Waals surface area contributed by atoms with Gasteiger partial charge >= 0.3 is 0 Å². The van der Waals surface area contributed by atoms with Crippen molar-refractivity contribution < 1.29 is 0 Å². The minimum Gasteiger partial charge on any atom is -0.356 e. The number of aryl methyl sites for hydroxylation is 1. The van der Waals surface area contributed by atoms with Gasteiger partial charge in [0.25, 0.3) is 0 Å². The van der Waals surface area contributed by atoms with Crippen LogP contribution in [0, 0.1) is 0 Å². The number of nitrogens with one attached hydrogen (secondary N) is 2. The van der Waals surface area contributed by atoms with Gasteiger partial charge in [0.05, 0.1) is 6.54 Å². The molecule has 0 unspecified atom stereocenters. The van der Waals surface area contributed by atoms with Crippen molar-refractivity contribution in [2.24, 2.45) is 4.99 Å². The topological polar surface area (TPSA) is 67.1 Å². The molecule has 0 aliphatic carbocycles. The predicted octanol–water partition coefficient (Wildman–Crippen LogP) is 3.50. The van der Waals surface area contributed by atoms with Crippen molar-refractivity contribution in [1.82, 2.24) is 25.4 Å². The molecule has 0 bridgehead atoms. The summed E-state index contributed by atoms with van der Waals surface area (Å²) in [7, 11) is 1.81. The van der Waals surface area contributed by atoms with Crippen LogP contribution in [0.2, 0.25) is 0 Å². The number of aliphatic imine (C=N–C) groups is 1. The summed E-state index contributed by atoms with van der Waals surface area (Å²) in [4.78, 5) is 4.38. The van der Waals surface area contributed by atoms with E-state index < -0.39 is 0 Å². The Morgan fingerprint density at radius 2 is 1.67 bits per heavy atom. The predicted molar refractivity (Wildman–Crippen MR) is 121 cm³/mol. The number of aromatic nitrogens is 3. The van der Waals surface area contributed by atoms with Crippen molar-refractivity contribution >= 4 is 5.96 Å². The van der Waals surface area contributed by atoms with Gasteiger partial charge in [0.15, 0.2) is 11.8 Å². The molecule has 156 valence electrons. The first-order chi connectivity index (χ1) is 14.8. The number of guanidine groups is 1. The zero-order valence-electron chi connectivity index (χ0n) is 17.6. The molecular weight excluding hydrogens is 372 g/mol. The Balaban J connectivity index is 1.34. The molecule has 1 aliphatic rings. The number of benzene rings is 2. The lowest BCUT2D eigenvalue weighted by atomic mass is 9.88. The van der Waals surface area contributed by atoms with E-state index in [1.54, 1.807) is 7.05 Å². The molecule has 3 aromatic rings. The lowest BCUT2D eigenvalue weighted by molar-refractivity contribution is 0.504. The standard InChI is InChI=1S/C24H30N6/c1-25-24(27-18-23-29-28-22-14-8-9-17-30(22)23)26-16-15-21(19-10-4-2-5-11-19)20-12-6-3-7-13-20/h2-7,10-13,21H,8-9,14-18H2,1H3,(H2,25,26,27). The number of hydrogen-bond acceptors (Lipinski definition) is 3. The fraction of sp³-hybridized carbons (Fsp3) is 0.375. The highest BCUT2D eigenvalue weighted by atomic mass is 15.3. The van der Waals surface area contributed by atoms with E-state index in [9.17, 15) is 0 Å². The molecule has 30 heavy (non-hydrogen) atoms. The van der Waals surface area contributed by atoms with Crippen LogP contribution in [-0.4, -0.2) is 34.3 Å². The zero-order chi connectivity index (χ0) is 20.6. The van der Waals surface area contributed by atoms with E-state index in [1.165, 1.54) is 24.0 Å². The van der Waals surface area contributed by atoms with Gasteiger partial charge in [-0.05, 0) is 30.4 Å². The third kappa shape index (κ3) is 4.87. The van der Waals surface area contributed by atoms with Crippen LogP contribution in [0.25, 0.3) is 0 Å². The van der Waals surface area contributed by atoms with E-state index in [-0.39, 0.29) is 0 Å². The average molecular weight is 403 g/mol. The molecule has 0 saturated carbocycles. The molecule has 6 heteroatoms. The van der Waals surface area contributed by atoms with Crippen LogP contribution in [0.1, 0.15) is 48.0 Å². The van der Waals surface area contributed by atoms with Gasteiger partial charge in [-0.2, -0.15) is 0 Å². The maximum Gasteiger partial charge on any atom is 0.191 e. The maximum absolute atomic E-state index is 4.38. The third-order valence-electron chi connectivity index (χ3n) is 5.70. The van der Waals surface area contributed by atoms with Gasteiger partial charge in [-0.25, -0.2) is 0 Å². The highest BCUT2D eigenvalue weighted by Gasteiger charge is 2.16. The van der Waals surface area contributed by atoms with Crippen molar-refractivity contribution in [3.8, 4) is 0 Å². The maximum atomic E-state index is 4.38. The van der Waals surface area contributed by atoms with Gasteiger partial charge in [-0.3, -0.25) is 4.99 Å². The Hall–Kier alpha value is -3.15. The normalized spacial score (nSPS) is 13.9. The Morgan fingerprint density at radius 3 is 2.33 bits per heavy atom. The first-order valence-electron chi connectivity index (χ1n) is 10.8. The minimum absolute atomic E-state index is 0.349. The summed E-state index contributed by atoms with van der Waals surface area (Å²) in [5.74, 6) is 3.23. The summed E-state index contributed by atoms with van der Waals surface area (Å²) >= 11 is 0. The Kier molecular flexibility index (Phi) is 6.75. The van der Waals surface area contributed by atoms with E-state index in [4.69, 9.17) is 0 Å². The first kappa shape index (κ1) is 20.1. The highest BCUT2D eigenvalue weighted by molar-refractivity contribution is 5.79. The van der Waals surface area contributed by atoms with E-state index in [0.717, 1.165) is 43.5 Å². The third-order valence-corrected chi connectivity index (χ3v) is 5.70. The molecule has 0 atom stereocenters. The lowest BCUT2D eigenvalue weighted by Gasteiger charge is -2.20. The summed E-state index contributed by atoms with van der Waals surface area (Å²) < 4.78 is 2.24. The zero-order valence-corrected chi connectivity index (χ0v) is 17.6. The summed E-state index contributed by atoms with van der Waals surface area (Å²) in [5.41, 5.74) is 2.67. The molecule has 1 aliphatic heterocycles. The van der Waals surface area contributed by atoms with Crippen molar-refractivity contribution in [2.75, 3.05) is 13.6 Å². The molecule has 0 radical (unpaired) electrons. The van der Waals surface area contributed by atoms with Crippen LogP contribution in [0.4, 0.5) is 0 Å². The molecule has 0 spiro atoms. The van der Waals surface area contributed by atoms with Gasteiger partial charge in [-0.1, -0.05) is 60.7 Å². The molecule has 0 amide bonds. The highest BCUT2D eigenvalue weighted by Crippen LogP contribution is 2.27. The van der Waals surface area contributed by atoms with E-state index in [0.29, 0.717) is 12.5 Å². The first-order valence-corrected chi connectivity index (χ1v) is 10.8. The molecule has 2 heterocycles. The molecule has 1 aromatic heterocycles. The summed E-state index contributed by atoms with van der Waals surface area (Å²) in [6, 6.07) is 21.4.